The average molecular weight is 376 g/mol. The summed E-state index contributed by atoms with van der Waals surface area (Å²) >= 11 is 0. The summed E-state index contributed by atoms with van der Waals surface area (Å²) < 4.78 is 38.9. The van der Waals surface area contributed by atoms with E-state index in [2.05, 4.69) is 5.32 Å². The standard InChI is InChI=1S/C19H15F3N2O3/c1-10-3-6-13-14(7-10)18(27)24(17(13)26)9-16(25)23-12-5-4-11(2)15(8-12)19(20,21)22/h3-8H,9H2,1-2H3,(H,23,25). The van der Waals surface area contributed by atoms with E-state index in [0.29, 0.717) is 0 Å². The Labute approximate surface area is 152 Å². The molecule has 0 spiro atoms. The lowest BCUT2D eigenvalue weighted by Crippen LogP contribution is -2.37. The van der Waals surface area contributed by atoms with Gasteiger partial charge in [0.2, 0.25) is 5.91 Å². The van der Waals surface area contributed by atoms with Gasteiger partial charge in [-0.15, -0.1) is 0 Å². The van der Waals surface area contributed by atoms with Crippen LogP contribution in [0.25, 0.3) is 0 Å². The second-order valence-corrected chi connectivity index (χ2v) is 6.32. The van der Waals surface area contributed by atoms with Crippen molar-refractivity contribution in [2.75, 3.05) is 11.9 Å². The number of hydrogen-bond acceptors (Lipinski definition) is 3. The van der Waals surface area contributed by atoms with Crippen LogP contribution in [0.2, 0.25) is 0 Å². The molecule has 0 atom stereocenters. The van der Waals surface area contributed by atoms with Gasteiger partial charge in [-0.25, -0.2) is 0 Å². The second-order valence-electron chi connectivity index (χ2n) is 6.32. The lowest BCUT2D eigenvalue weighted by Gasteiger charge is -2.15. The van der Waals surface area contributed by atoms with Gasteiger partial charge in [0.05, 0.1) is 16.7 Å². The van der Waals surface area contributed by atoms with Crippen molar-refractivity contribution in [1.82, 2.24) is 4.90 Å². The van der Waals surface area contributed by atoms with Crippen molar-refractivity contribution in [2.45, 2.75) is 20.0 Å². The number of aryl methyl sites for hydroxylation is 2. The third-order valence-corrected chi connectivity index (χ3v) is 4.25. The average Bonchev–Trinajstić information content (AvgIpc) is 2.80. The minimum absolute atomic E-state index is 0.0243. The monoisotopic (exact) mass is 376 g/mol. The first-order valence-corrected chi connectivity index (χ1v) is 8.02. The summed E-state index contributed by atoms with van der Waals surface area (Å²) in [5.74, 6) is -1.98. The second kappa shape index (κ2) is 6.53. The molecule has 3 rings (SSSR count). The molecule has 2 aromatic rings. The summed E-state index contributed by atoms with van der Waals surface area (Å²) in [5, 5.41) is 2.30. The van der Waals surface area contributed by atoms with Crippen molar-refractivity contribution in [2.24, 2.45) is 0 Å². The number of rotatable bonds is 3. The molecule has 140 valence electrons. The van der Waals surface area contributed by atoms with Crippen LogP contribution in [-0.2, 0) is 11.0 Å². The molecule has 2 aromatic carbocycles. The molecular formula is C19H15F3N2O3. The van der Waals surface area contributed by atoms with Gasteiger partial charge in [0.25, 0.3) is 11.8 Å². The first-order valence-electron chi connectivity index (χ1n) is 8.02. The van der Waals surface area contributed by atoms with Crippen molar-refractivity contribution >= 4 is 23.4 Å². The van der Waals surface area contributed by atoms with Crippen LogP contribution in [0.5, 0.6) is 0 Å². The van der Waals surface area contributed by atoms with Crippen LogP contribution in [0.1, 0.15) is 37.4 Å². The van der Waals surface area contributed by atoms with Gasteiger partial charge in [-0.3, -0.25) is 19.3 Å². The van der Waals surface area contributed by atoms with Gasteiger partial charge in [0, 0.05) is 5.69 Å². The van der Waals surface area contributed by atoms with E-state index in [0.717, 1.165) is 16.5 Å². The van der Waals surface area contributed by atoms with Gasteiger partial charge >= 0.3 is 6.18 Å². The number of halogens is 3. The maximum atomic E-state index is 13.0. The van der Waals surface area contributed by atoms with E-state index in [1.807, 2.05) is 0 Å². The van der Waals surface area contributed by atoms with E-state index >= 15 is 0 Å². The summed E-state index contributed by atoms with van der Waals surface area (Å²) in [4.78, 5) is 37.6. The van der Waals surface area contributed by atoms with E-state index in [1.54, 1.807) is 19.1 Å². The number of nitrogens with one attached hydrogen (secondary N) is 1. The molecule has 0 bridgehead atoms. The Bertz CT molecular complexity index is 967. The third-order valence-electron chi connectivity index (χ3n) is 4.25. The largest absolute Gasteiger partial charge is 0.416 e. The normalized spacial score (nSPS) is 13.7. The molecule has 1 N–H and O–H groups in total. The van der Waals surface area contributed by atoms with Crippen molar-refractivity contribution < 1.29 is 27.6 Å². The van der Waals surface area contributed by atoms with Crippen molar-refractivity contribution in [3.8, 4) is 0 Å². The Hall–Kier alpha value is -3.16. The quantitative estimate of drug-likeness (QED) is 0.833. The van der Waals surface area contributed by atoms with Crippen LogP contribution in [0.3, 0.4) is 0 Å². The summed E-state index contributed by atoms with van der Waals surface area (Å²) in [6.07, 6.45) is -4.55. The van der Waals surface area contributed by atoms with Crippen LogP contribution < -0.4 is 5.32 Å². The SMILES string of the molecule is Cc1ccc2c(c1)C(=O)N(CC(=O)Nc1ccc(C)c(C(F)(F)F)c1)C2=O. The van der Waals surface area contributed by atoms with E-state index in [4.69, 9.17) is 0 Å². The molecule has 0 saturated carbocycles. The zero-order valence-corrected chi connectivity index (χ0v) is 14.5. The Kier molecular flexibility index (Phi) is 4.51. The Morgan fingerprint density at radius 2 is 1.67 bits per heavy atom. The highest BCUT2D eigenvalue weighted by molar-refractivity contribution is 6.22. The number of hydrogen-bond donors (Lipinski definition) is 1. The van der Waals surface area contributed by atoms with Gasteiger partial charge in [-0.05, 0) is 43.7 Å². The minimum Gasteiger partial charge on any atom is -0.325 e. The highest BCUT2D eigenvalue weighted by Crippen LogP contribution is 2.33. The summed E-state index contributed by atoms with van der Waals surface area (Å²) in [6, 6.07) is 8.14. The summed E-state index contributed by atoms with van der Waals surface area (Å²) in [5.41, 5.74) is 0.300. The highest BCUT2D eigenvalue weighted by Gasteiger charge is 2.37. The van der Waals surface area contributed by atoms with Gasteiger partial charge in [-0.1, -0.05) is 17.7 Å². The molecule has 27 heavy (non-hydrogen) atoms. The molecule has 5 nitrogen and oxygen atoms in total. The maximum absolute atomic E-state index is 13.0. The molecule has 0 radical (unpaired) electrons. The molecule has 8 heteroatoms. The number of anilines is 1. The molecule has 0 aromatic heterocycles. The zero-order valence-electron chi connectivity index (χ0n) is 14.5. The van der Waals surface area contributed by atoms with Crippen molar-refractivity contribution in [3.05, 3.63) is 64.2 Å². The predicted molar refractivity (Wildman–Crippen MR) is 91.4 cm³/mol. The van der Waals surface area contributed by atoms with Gasteiger partial charge in [0.15, 0.2) is 0 Å². The third kappa shape index (κ3) is 3.55. The Morgan fingerprint density at radius 1 is 1.00 bits per heavy atom. The number of amides is 3. The van der Waals surface area contributed by atoms with Gasteiger partial charge in [0.1, 0.15) is 6.54 Å². The van der Waals surface area contributed by atoms with E-state index in [-0.39, 0.29) is 22.4 Å². The number of imide groups is 1. The molecule has 0 unspecified atom stereocenters. The van der Waals surface area contributed by atoms with Crippen molar-refractivity contribution in [3.63, 3.8) is 0 Å². The topological polar surface area (TPSA) is 66.5 Å². The van der Waals surface area contributed by atoms with Crippen LogP contribution in [0, 0.1) is 13.8 Å². The number of carbonyl (C=O) groups excluding carboxylic acids is 3. The number of benzene rings is 2. The molecule has 0 saturated heterocycles. The molecule has 0 aliphatic carbocycles. The van der Waals surface area contributed by atoms with Crippen LogP contribution >= 0.6 is 0 Å². The first kappa shape index (κ1) is 18.6. The lowest BCUT2D eigenvalue weighted by molar-refractivity contribution is -0.138. The summed E-state index contributed by atoms with van der Waals surface area (Å²) in [7, 11) is 0. The smallest absolute Gasteiger partial charge is 0.325 e. The fraction of sp³-hybridized carbons (Fsp3) is 0.211. The van der Waals surface area contributed by atoms with Crippen LogP contribution in [0.4, 0.5) is 18.9 Å². The fourth-order valence-corrected chi connectivity index (χ4v) is 2.90. The number of fused-ring (bicyclic) bond motifs is 1. The molecule has 1 aliphatic heterocycles. The fourth-order valence-electron chi connectivity index (χ4n) is 2.90. The molecule has 1 heterocycles. The van der Waals surface area contributed by atoms with E-state index in [1.165, 1.54) is 25.1 Å². The van der Waals surface area contributed by atoms with Gasteiger partial charge < -0.3 is 5.32 Å². The van der Waals surface area contributed by atoms with Crippen LogP contribution in [-0.4, -0.2) is 29.2 Å². The zero-order chi connectivity index (χ0) is 19.9. The number of alkyl halides is 3. The number of nitrogens with zero attached hydrogens (tertiary/aromatic N) is 1. The highest BCUT2D eigenvalue weighted by atomic mass is 19.4. The molecule has 0 fully saturated rings. The predicted octanol–water partition coefficient (Wildman–Crippen LogP) is 3.56. The van der Waals surface area contributed by atoms with E-state index in [9.17, 15) is 27.6 Å². The van der Waals surface area contributed by atoms with Gasteiger partial charge in [-0.2, -0.15) is 13.2 Å². The Morgan fingerprint density at radius 3 is 2.33 bits per heavy atom. The van der Waals surface area contributed by atoms with Crippen molar-refractivity contribution in [1.29, 1.82) is 0 Å². The number of carbonyl (C=O) groups is 3. The van der Waals surface area contributed by atoms with Crippen LogP contribution in [0.15, 0.2) is 36.4 Å². The molecule has 3 amide bonds. The lowest BCUT2D eigenvalue weighted by atomic mass is 10.1. The molecule has 1 aliphatic rings. The maximum Gasteiger partial charge on any atom is 0.416 e. The molecular weight excluding hydrogens is 361 g/mol. The Balaban J connectivity index is 1.76. The van der Waals surface area contributed by atoms with E-state index < -0.39 is 36.0 Å². The first-order chi connectivity index (χ1) is 12.6. The minimum atomic E-state index is -4.55. The summed E-state index contributed by atoms with van der Waals surface area (Å²) in [6.45, 7) is 2.50.